The highest BCUT2D eigenvalue weighted by molar-refractivity contribution is 5.68. The van der Waals surface area contributed by atoms with E-state index in [0.29, 0.717) is 0 Å². The third kappa shape index (κ3) is 3.15. The second kappa shape index (κ2) is 6.28. The molecule has 0 heterocycles. The van der Waals surface area contributed by atoms with Gasteiger partial charge in [0.2, 0.25) is 0 Å². The van der Waals surface area contributed by atoms with E-state index in [1.807, 2.05) is 26.0 Å². The number of ether oxygens (including phenoxy) is 2. The molecule has 0 fully saturated rings. The van der Waals surface area contributed by atoms with Gasteiger partial charge in [-0.1, -0.05) is 6.92 Å². The van der Waals surface area contributed by atoms with Gasteiger partial charge in [0.1, 0.15) is 11.5 Å². The Morgan fingerprint density at radius 1 is 1.28 bits per heavy atom. The maximum atomic E-state index is 10.9. The minimum atomic E-state index is -0.802. The molecular weight excluding hydrogens is 232 g/mol. The molecular formula is C14H20O4. The largest absolute Gasteiger partial charge is 0.496 e. The highest BCUT2D eigenvalue weighted by Gasteiger charge is 2.19. The lowest BCUT2D eigenvalue weighted by atomic mass is 9.91. The van der Waals surface area contributed by atoms with Gasteiger partial charge in [0.25, 0.3) is 0 Å². The zero-order chi connectivity index (χ0) is 13.7. The fourth-order valence-electron chi connectivity index (χ4n) is 2.08. The van der Waals surface area contributed by atoms with Crippen molar-refractivity contribution in [3.8, 4) is 11.5 Å². The van der Waals surface area contributed by atoms with Gasteiger partial charge in [-0.25, -0.2) is 0 Å². The zero-order valence-electron chi connectivity index (χ0n) is 11.3. The normalized spacial score (nSPS) is 12.0. The molecule has 0 aliphatic heterocycles. The summed E-state index contributed by atoms with van der Waals surface area (Å²) in [5, 5.41) is 8.95. The van der Waals surface area contributed by atoms with Crippen molar-refractivity contribution in [2.24, 2.45) is 0 Å². The molecule has 0 saturated carbocycles. The molecule has 1 aromatic carbocycles. The van der Waals surface area contributed by atoms with Crippen LogP contribution in [0.4, 0.5) is 0 Å². The molecule has 4 nitrogen and oxygen atoms in total. The molecule has 0 aliphatic rings. The van der Waals surface area contributed by atoms with Gasteiger partial charge in [-0.2, -0.15) is 0 Å². The molecule has 1 N–H and O–H groups in total. The van der Waals surface area contributed by atoms with Crippen LogP contribution in [0.25, 0.3) is 0 Å². The van der Waals surface area contributed by atoms with Crippen molar-refractivity contribution in [1.82, 2.24) is 0 Å². The van der Waals surface area contributed by atoms with Crippen LogP contribution >= 0.6 is 0 Å². The van der Waals surface area contributed by atoms with Gasteiger partial charge < -0.3 is 14.6 Å². The van der Waals surface area contributed by atoms with Crippen LogP contribution in [0.15, 0.2) is 12.1 Å². The molecule has 1 atom stereocenters. The van der Waals surface area contributed by atoms with Crippen molar-refractivity contribution < 1.29 is 19.4 Å². The highest BCUT2D eigenvalue weighted by atomic mass is 16.5. The third-order valence-electron chi connectivity index (χ3n) is 3.10. The Hall–Kier alpha value is -1.71. The molecule has 0 amide bonds. The minimum absolute atomic E-state index is 0.0630. The monoisotopic (exact) mass is 252 g/mol. The molecule has 0 radical (unpaired) electrons. The van der Waals surface area contributed by atoms with Crippen LogP contribution in [0.5, 0.6) is 11.5 Å². The lowest BCUT2D eigenvalue weighted by molar-refractivity contribution is -0.137. The first-order chi connectivity index (χ1) is 8.53. The Labute approximate surface area is 108 Å². The van der Waals surface area contributed by atoms with E-state index < -0.39 is 5.97 Å². The van der Waals surface area contributed by atoms with E-state index in [-0.39, 0.29) is 12.3 Å². The molecule has 4 heteroatoms. The van der Waals surface area contributed by atoms with Gasteiger partial charge in [-0.3, -0.25) is 4.79 Å². The second-order valence-electron chi connectivity index (χ2n) is 4.27. The van der Waals surface area contributed by atoms with Crippen LogP contribution in [0, 0.1) is 6.92 Å². The smallest absolute Gasteiger partial charge is 0.303 e. The summed E-state index contributed by atoms with van der Waals surface area (Å²) >= 11 is 0. The number of aliphatic carboxylic acids is 1. The Bertz CT molecular complexity index is 426. The van der Waals surface area contributed by atoms with Crippen LogP contribution in [-0.4, -0.2) is 25.3 Å². The summed E-state index contributed by atoms with van der Waals surface area (Å²) in [6, 6.07) is 3.77. The van der Waals surface area contributed by atoms with Gasteiger partial charge in [-0.15, -0.1) is 0 Å². The first-order valence-corrected chi connectivity index (χ1v) is 5.97. The molecule has 0 aliphatic carbocycles. The summed E-state index contributed by atoms with van der Waals surface area (Å²) in [4.78, 5) is 10.9. The van der Waals surface area contributed by atoms with Crippen molar-refractivity contribution >= 4 is 5.97 Å². The summed E-state index contributed by atoms with van der Waals surface area (Å²) in [5.74, 6) is 0.617. The van der Waals surface area contributed by atoms with Crippen LogP contribution < -0.4 is 9.47 Å². The molecule has 0 saturated heterocycles. The number of carboxylic acids is 1. The van der Waals surface area contributed by atoms with E-state index in [0.717, 1.165) is 29.0 Å². The average Bonchev–Trinajstić information content (AvgIpc) is 2.35. The van der Waals surface area contributed by atoms with E-state index in [9.17, 15) is 4.79 Å². The number of hydrogen-bond donors (Lipinski definition) is 1. The number of benzene rings is 1. The average molecular weight is 252 g/mol. The predicted molar refractivity (Wildman–Crippen MR) is 69.6 cm³/mol. The van der Waals surface area contributed by atoms with Crippen LogP contribution in [0.2, 0.25) is 0 Å². The number of aryl methyl sites for hydroxylation is 1. The van der Waals surface area contributed by atoms with Gasteiger partial charge >= 0.3 is 5.97 Å². The molecule has 1 rings (SSSR count). The second-order valence-corrected chi connectivity index (χ2v) is 4.27. The minimum Gasteiger partial charge on any atom is -0.496 e. The Morgan fingerprint density at radius 3 is 2.33 bits per heavy atom. The third-order valence-corrected chi connectivity index (χ3v) is 3.10. The topological polar surface area (TPSA) is 55.8 Å². The summed E-state index contributed by atoms with van der Waals surface area (Å²) in [6.07, 6.45) is 0.841. The van der Waals surface area contributed by atoms with E-state index in [4.69, 9.17) is 14.6 Å². The Kier molecular flexibility index (Phi) is 5.01. The molecule has 0 bridgehead atoms. The summed E-state index contributed by atoms with van der Waals surface area (Å²) in [6.45, 7) is 3.91. The van der Waals surface area contributed by atoms with E-state index in [1.54, 1.807) is 14.2 Å². The predicted octanol–water partition coefficient (Wildman–Crippen LogP) is 2.98. The van der Waals surface area contributed by atoms with Crippen molar-refractivity contribution in [2.45, 2.75) is 32.6 Å². The summed E-state index contributed by atoms with van der Waals surface area (Å²) in [7, 11) is 3.20. The lowest BCUT2D eigenvalue weighted by Gasteiger charge is -2.19. The maximum absolute atomic E-state index is 10.9. The molecule has 18 heavy (non-hydrogen) atoms. The molecule has 100 valence electrons. The van der Waals surface area contributed by atoms with Gasteiger partial charge in [0.15, 0.2) is 0 Å². The lowest BCUT2D eigenvalue weighted by Crippen LogP contribution is -2.07. The van der Waals surface area contributed by atoms with Crippen molar-refractivity contribution in [3.63, 3.8) is 0 Å². The number of rotatable bonds is 6. The number of carboxylic acid groups (broad SMARTS) is 1. The number of methoxy groups -OCH3 is 2. The fourth-order valence-corrected chi connectivity index (χ4v) is 2.08. The fraction of sp³-hybridized carbons (Fsp3) is 0.500. The molecule has 1 unspecified atom stereocenters. The number of hydrogen-bond acceptors (Lipinski definition) is 3. The van der Waals surface area contributed by atoms with Crippen molar-refractivity contribution in [1.29, 1.82) is 0 Å². The van der Waals surface area contributed by atoms with Crippen LogP contribution in [-0.2, 0) is 4.79 Å². The van der Waals surface area contributed by atoms with Gasteiger partial charge in [-0.05, 0) is 37.0 Å². The molecule has 1 aromatic rings. The molecule has 0 spiro atoms. The van der Waals surface area contributed by atoms with Crippen molar-refractivity contribution in [2.75, 3.05) is 14.2 Å². The zero-order valence-corrected chi connectivity index (χ0v) is 11.3. The Balaban J connectivity index is 3.22. The standard InChI is InChI=1S/C14H20O4/c1-5-10(7-14(15)16)11-8-12(17-3)9(2)6-13(11)18-4/h6,8,10H,5,7H2,1-4H3,(H,15,16). The number of carbonyl (C=O) groups is 1. The Morgan fingerprint density at radius 2 is 1.89 bits per heavy atom. The first kappa shape index (κ1) is 14.4. The summed E-state index contributed by atoms with van der Waals surface area (Å²) in [5.41, 5.74) is 1.87. The van der Waals surface area contributed by atoms with Crippen LogP contribution in [0.1, 0.15) is 36.8 Å². The SMILES string of the molecule is CCC(CC(=O)O)c1cc(OC)c(C)cc1OC. The van der Waals surface area contributed by atoms with E-state index in [2.05, 4.69) is 0 Å². The van der Waals surface area contributed by atoms with E-state index in [1.165, 1.54) is 0 Å². The van der Waals surface area contributed by atoms with Crippen LogP contribution in [0.3, 0.4) is 0 Å². The quantitative estimate of drug-likeness (QED) is 0.845. The van der Waals surface area contributed by atoms with Gasteiger partial charge in [0, 0.05) is 5.56 Å². The molecule has 0 aromatic heterocycles. The van der Waals surface area contributed by atoms with Crippen molar-refractivity contribution in [3.05, 3.63) is 23.3 Å². The maximum Gasteiger partial charge on any atom is 0.303 e. The van der Waals surface area contributed by atoms with Gasteiger partial charge in [0.05, 0.1) is 20.6 Å². The van der Waals surface area contributed by atoms with E-state index >= 15 is 0 Å². The highest BCUT2D eigenvalue weighted by Crippen LogP contribution is 2.36. The first-order valence-electron chi connectivity index (χ1n) is 5.97. The summed E-state index contributed by atoms with van der Waals surface area (Å²) < 4.78 is 10.6.